The van der Waals surface area contributed by atoms with Crippen LogP contribution in [0.4, 0.5) is 0 Å². The molecular weight excluding hydrogens is 180 g/mol. The maximum absolute atomic E-state index is 11.1. The Balaban J connectivity index is 2.09. The molecule has 1 unspecified atom stereocenters. The largest absolute Gasteiger partial charge is 0.466 e. The van der Waals surface area contributed by atoms with Crippen molar-refractivity contribution in [2.45, 2.75) is 31.8 Å². The van der Waals surface area contributed by atoms with Gasteiger partial charge in [-0.05, 0) is 19.3 Å². The standard InChI is InChI=1S/C11H16O3/c1-13-9-6-8(7-10(12)14-2)11(9)4-3-5-11/h7,9H,3-6H2,1-2H3/b8-7-. The van der Waals surface area contributed by atoms with Crippen LogP contribution in [0.3, 0.4) is 0 Å². The molecule has 1 atom stereocenters. The molecule has 2 aliphatic carbocycles. The van der Waals surface area contributed by atoms with Crippen molar-refractivity contribution in [1.82, 2.24) is 0 Å². The predicted molar refractivity (Wildman–Crippen MR) is 51.8 cm³/mol. The molecule has 0 radical (unpaired) electrons. The van der Waals surface area contributed by atoms with Crippen LogP contribution in [-0.2, 0) is 14.3 Å². The predicted octanol–water partition coefficient (Wildman–Crippen LogP) is 1.67. The second kappa shape index (κ2) is 3.39. The molecule has 2 fully saturated rings. The zero-order valence-electron chi connectivity index (χ0n) is 8.71. The van der Waals surface area contributed by atoms with Crippen LogP contribution >= 0.6 is 0 Å². The Hall–Kier alpha value is -0.830. The monoisotopic (exact) mass is 196 g/mol. The summed E-state index contributed by atoms with van der Waals surface area (Å²) in [6.45, 7) is 0. The Morgan fingerprint density at radius 1 is 1.50 bits per heavy atom. The Kier molecular flexibility index (Phi) is 2.35. The molecule has 0 aromatic carbocycles. The summed E-state index contributed by atoms with van der Waals surface area (Å²) in [7, 11) is 3.17. The van der Waals surface area contributed by atoms with Crippen molar-refractivity contribution in [2.75, 3.05) is 14.2 Å². The van der Waals surface area contributed by atoms with Crippen molar-refractivity contribution in [1.29, 1.82) is 0 Å². The smallest absolute Gasteiger partial charge is 0.330 e. The zero-order chi connectivity index (χ0) is 10.2. The van der Waals surface area contributed by atoms with Gasteiger partial charge < -0.3 is 9.47 Å². The maximum atomic E-state index is 11.1. The van der Waals surface area contributed by atoms with E-state index in [-0.39, 0.29) is 11.4 Å². The molecule has 0 amide bonds. The van der Waals surface area contributed by atoms with Gasteiger partial charge in [-0.3, -0.25) is 0 Å². The van der Waals surface area contributed by atoms with Crippen LogP contribution in [0.5, 0.6) is 0 Å². The van der Waals surface area contributed by atoms with Gasteiger partial charge in [0, 0.05) is 18.6 Å². The third-order valence-electron chi connectivity index (χ3n) is 3.68. The highest BCUT2D eigenvalue weighted by Crippen LogP contribution is 2.60. The van der Waals surface area contributed by atoms with E-state index in [1.807, 2.05) is 0 Å². The normalized spacial score (nSPS) is 31.0. The number of carbonyl (C=O) groups is 1. The zero-order valence-corrected chi connectivity index (χ0v) is 8.71. The van der Waals surface area contributed by atoms with Gasteiger partial charge in [0.2, 0.25) is 0 Å². The number of hydrogen-bond donors (Lipinski definition) is 0. The third kappa shape index (κ3) is 1.19. The first kappa shape index (κ1) is 9.71. The molecule has 3 heteroatoms. The fourth-order valence-corrected chi connectivity index (χ4v) is 2.59. The van der Waals surface area contributed by atoms with Crippen molar-refractivity contribution < 1.29 is 14.3 Å². The quantitative estimate of drug-likeness (QED) is 0.498. The summed E-state index contributed by atoms with van der Waals surface area (Å²) >= 11 is 0. The molecule has 0 aromatic rings. The molecule has 0 aromatic heterocycles. The van der Waals surface area contributed by atoms with E-state index < -0.39 is 0 Å². The van der Waals surface area contributed by atoms with Crippen LogP contribution < -0.4 is 0 Å². The number of esters is 1. The molecule has 2 saturated carbocycles. The van der Waals surface area contributed by atoms with Crippen LogP contribution in [0, 0.1) is 5.41 Å². The molecule has 0 aliphatic heterocycles. The Morgan fingerprint density at radius 3 is 2.64 bits per heavy atom. The lowest BCUT2D eigenvalue weighted by Crippen LogP contribution is -2.53. The van der Waals surface area contributed by atoms with E-state index in [1.165, 1.54) is 19.1 Å². The molecule has 1 spiro atoms. The first-order valence-electron chi connectivity index (χ1n) is 5.05. The van der Waals surface area contributed by atoms with Gasteiger partial charge in [-0.25, -0.2) is 4.79 Å². The summed E-state index contributed by atoms with van der Waals surface area (Å²) < 4.78 is 10.0. The molecule has 2 aliphatic rings. The van der Waals surface area contributed by atoms with Gasteiger partial charge in [-0.15, -0.1) is 0 Å². The van der Waals surface area contributed by atoms with E-state index in [1.54, 1.807) is 13.2 Å². The lowest BCUT2D eigenvalue weighted by molar-refractivity contribution is -0.135. The second-order valence-corrected chi connectivity index (χ2v) is 4.13. The molecule has 2 rings (SSSR count). The molecule has 0 N–H and O–H groups in total. The summed E-state index contributed by atoms with van der Waals surface area (Å²) in [4.78, 5) is 11.1. The fraction of sp³-hybridized carbons (Fsp3) is 0.727. The Morgan fingerprint density at radius 2 is 2.21 bits per heavy atom. The molecule has 0 heterocycles. The van der Waals surface area contributed by atoms with E-state index in [0.717, 1.165) is 19.3 Å². The number of ether oxygens (including phenoxy) is 2. The second-order valence-electron chi connectivity index (χ2n) is 4.13. The van der Waals surface area contributed by atoms with Crippen LogP contribution in [-0.4, -0.2) is 26.3 Å². The number of rotatable bonds is 2. The van der Waals surface area contributed by atoms with E-state index >= 15 is 0 Å². The highest BCUT2D eigenvalue weighted by molar-refractivity contribution is 5.83. The third-order valence-corrected chi connectivity index (χ3v) is 3.68. The van der Waals surface area contributed by atoms with Gasteiger partial charge in [0.1, 0.15) is 0 Å². The van der Waals surface area contributed by atoms with Crippen molar-refractivity contribution in [2.24, 2.45) is 5.41 Å². The van der Waals surface area contributed by atoms with Crippen LogP contribution in [0.25, 0.3) is 0 Å². The summed E-state index contributed by atoms with van der Waals surface area (Å²) in [5.41, 5.74) is 1.42. The molecule has 14 heavy (non-hydrogen) atoms. The minimum atomic E-state index is -0.235. The highest BCUT2D eigenvalue weighted by atomic mass is 16.5. The summed E-state index contributed by atoms with van der Waals surface area (Å²) in [6, 6.07) is 0. The topological polar surface area (TPSA) is 35.5 Å². The lowest BCUT2D eigenvalue weighted by atomic mass is 9.51. The first-order valence-corrected chi connectivity index (χ1v) is 5.05. The highest BCUT2D eigenvalue weighted by Gasteiger charge is 2.55. The van der Waals surface area contributed by atoms with E-state index in [9.17, 15) is 4.79 Å². The van der Waals surface area contributed by atoms with Gasteiger partial charge in [-0.1, -0.05) is 12.0 Å². The Labute approximate surface area is 84.1 Å². The minimum absolute atomic E-state index is 0.197. The van der Waals surface area contributed by atoms with Gasteiger partial charge in [-0.2, -0.15) is 0 Å². The summed E-state index contributed by atoms with van der Waals surface area (Å²) in [5, 5.41) is 0. The van der Waals surface area contributed by atoms with E-state index in [0.29, 0.717) is 6.10 Å². The minimum Gasteiger partial charge on any atom is -0.466 e. The van der Waals surface area contributed by atoms with Gasteiger partial charge in [0.05, 0.1) is 13.2 Å². The van der Waals surface area contributed by atoms with Crippen LogP contribution in [0.1, 0.15) is 25.7 Å². The van der Waals surface area contributed by atoms with Crippen LogP contribution in [0.2, 0.25) is 0 Å². The number of hydrogen-bond acceptors (Lipinski definition) is 3. The van der Waals surface area contributed by atoms with Gasteiger partial charge in [0.25, 0.3) is 0 Å². The van der Waals surface area contributed by atoms with E-state index in [4.69, 9.17) is 4.74 Å². The van der Waals surface area contributed by atoms with E-state index in [2.05, 4.69) is 4.74 Å². The molecular formula is C11H16O3. The van der Waals surface area contributed by atoms with Crippen molar-refractivity contribution in [3.63, 3.8) is 0 Å². The van der Waals surface area contributed by atoms with Crippen molar-refractivity contribution in [3.05, 3.63) is 11.6 Å². The summed E-state index contributed by atoms with van der Waals surface area (Å²) in [5.74, 6) is -0.235. The van der Waals surface area contributed by atoms with Gasteiger partial charge in [0.15, 0.2) is 0 Å². The molecule has 3 nitrogen and oxygen atoms in total. The average Bonchev–Trinajstić information content (AvgIpc) is 2.08. The van der Waals surface area contributed by atoms with Crippen LogP contribution in [0.15, 0.2) is 11.6 Å². The van der Waals surface area contributed by atoms with Crippen molar-refractivity contribution >= 4 is 5.97 Å². The Bertz CT molecular complexity index is 276. The molecule has 78 valence electrons. The number of methoxy groups -OCH3 is 2. The average molecular weight is 196 g/mol. The summed E-state index contributed by atoms with van der Waals surface area (Å²) in [6.07, 6.45) is 6.44. The fourth-order valence-electron chi connectivity index (χ4n) is 2.59. The number of carbonyl (C=O) groups excluding carboxylic acids is 1. The van der Waals surface area contributed by atoms with Gasteiger partial charge >= 0.3 is 5.97 Å². The van der Waals surface area contributed by atoms with Crippen molar-refractivity contribution in [3.8, 4) is 0 Å². The molecule has 0 bridgehead atoms. The maximum Gasteiger partial charge on any atom is 0.330 e. The lowest BCUT2D eigenvalue weighted by Gasteiger charge is -2.57. The first-order chi connectivity index (χ1) is 6.73. The molecule has 0 saturated heterocycles. The SMILES string of the molecule is COC(=O)/C=C1/CC(OC)C12CCC2.